The van der Waals surface area contributed by atoms with E-state index in [-0.39, 0.29) is 31.4 Å². The summed E-state index contributed by atoms with van der Waals surface area (Å²) in [5, 5.41) is 11.7. The number of hydrogen-bond donors (Lipinski definition) is 2. The van der Waals surface area contributed by atoms with Gasteiger partial charge in [-0.05, 0) is 49.4 Å². The molecular formula is C25H30N2O5. The summed E-state index contributed by atoms with van der Waals surface area (Å²) < 4.78 is 5.58. The van der Waals surface area contributed by atoms with Crippen LogP contribution in [0.5, 0.6) is 0 Å². The number of nitrogens with zero attached hydrogens (tertiary/aromatic N) is 1. The van der Waals surface area contributed by atoms with Crippen LogP contribution < -0.4 is 5.32 Å². The molecule has 0 heterocycles. The number of carbonyl (C=O) groups is 3. The average molecular weight is 439 g/mol. The summed E-state index contributed by atoms with van der Waals surface area (Å²) in [6.07, 6.45) is -0.0357. The molecule has 2 amide bonds. The minimum atomic E-state index is -1.05. The van der Waals surface area contributed by atoms with Crippen LogP contribution in [0.25, 0.3) is 11.1 Å². The van der Waals surface area contributed by atoms with E-state index < -0.39 is 17.6 Å². The zero-order valence-corrected chi connectivity index (χ0v) is 18.8. The minimum absolute atomic E-state index is 0.0213. The van der Waals surface area contributed by atoms with Gasteiger partial charge in [-0.3, -0.25) is 9.59 Å². The van der Waals surface area contributed by atoms with E-state index in [9.17, 15) is 14.4 Å². The highest BCUT2D eigenvalue weighted by molar-refractivity contribution is 5.81. The van der Waals surface area contributed by atoms with E-state index in [1.54, 1.807) is 6.92 Å². The fraction of sp³-hybridized carbons (Fsp3) is 0.400. The van der Waals surface area contributed by atoms with Gasteiger partial charge in [0.2, 0.25) is 5.91 Å². The molecule has 170 valence electrons. The van der Waals surface area contributed by atoms with Gasteiger partial charge in [-0.1, -0.05) is 48.5 Å². The van der Waals surface area contributed by atoms with Crippen LogP contribution in [0, 0.1) is 0 Å². The molecule has 0 aromatic heterocycles. The lowest BCUT2D eigenvalue weighted by Crippen LogP contribution is -2.45. The van der Waals surface area contributed by atoms with Crippen molar-refractivity contribution in [3.05, 3.63) is 59.7 Å². The fourth-order valence-corrected chi connectivity index (χ4v) is 4.09. The van der Waals surface area contributed by atoms with Crippen LogP contribution in [-0.4, -0.2) is 53.2 Å². The summed E-state index contributed by atoms with van der Waals surface area (Å²) in [6, 6.07) is 16.3. The van der Waals surface area contributed by atoms with E-state index in [1.165, 1.54) is 4.90 Å². The number of nitrogens with one attached hydrogen (secondary N) is 1. The molecule has 7 nitrogen and oxygen atoms in total. The van der Waals surface area contributed by atoms with Crippen LogP contribution in [0.15, 0.2) is 48.5 Å². The van der Waals surface area contributed by atoms with Crippen molar-refractivity contribution in [3.63, 3.8) is 0 Å². The van der Waals surface area contributed by atoms with E-state index in [0.29, 0.717) is 13.0 Å². The van der Waals surface area contributed by atoms with Gasteiger partial charge in [0, 0.05) is 24.4 Å². The topological polar surface area (TPSA) is 95.9 Å². The molecule has 0 saturated carbocycles. The molecular weight excluding hydrogens is 408 g/mol. The second-order valence-electron chi connectivity index (χ2n) is 8.64. The van der Waals surface area contributed by atoms with Crippen LogP contribution in [0.1, 0.15) is 50.7 Å². The van der Waals surface area contributed by atoms with Gasteiger partial charge in [0.25, 0.3) is 0 Å². The van der Waals surface area contributed by atoms with Crippen molar-refractivity contribution in [1.82, 2.24) is 10.2 Å². The van der Waals surface area contributed by atoms with Crippen LogP contribution in [-0.2, 0) is 14.3 Å². The number of ether oxygens (including phenoxy) is 1. The molecule has 1 aliphatic carbocycles. The van der Waals surface area contributed by atoms with E-state index in [4.69, 9.17) is 9.84 Å². The molecule has 0 unspecified atom stereocenters. The lowest BCUT2D eigenvalue weighted by Gasteiger charge is -2.27. The van der Waals surface area contributed by atoms with Crippen LogP contribution >= 0.6 is 0 Å². The van der Waals surface area contributed by atoms with Crippen LogP contribution in [0.4, 0.5) is 4.79 Å². The number of alkyl carbamates (subject to hydrolysis) is 1. The first-order chi connectivity index (χ1) is 15.2. The normalized spacial score (nSPS) is 12.6. The molecule has 0 atom stereocenters. The highest BCUT2D eigenvalue weighted by Crippen LogP contribution is 2.44. The Bertz CT molecular complexity index is 956. The third kappa shape index (κ3) is 5.46. The van der Waals surface area contributed by atoms with E-state index in [1.807, 2.05) is 38.1 Å². The van der Waals surface area contributed by atoms with Crippen molar-refractivity contribution in [1.29, 1.82) is 0 Å². The van der Waals surface area contributed by atoms with Gasteiger partial charge >= 0.3 is 12.1 Å². The van der Waals surface area contributed by atoms with Gasteiger partial charge in [0.05, 0.1) is 0 Å². The quantitative estimate of drug-likeness (QED) is 0.617. The highest BCUT2D eigenvalue weighted by Gasteiger charge is 2.30. The van der Waals surface area contributed by atoms with Crippen LogP contribution in [0.2, 0.25) is 0 Å². The second kappa shape index (κ2) is 9.85. The first-order valence-electron chi connectivity index (χ1n) is 10.8. The van der Waals surface area contributed by atoms with E-state index >= 15 is 0 Å². The summed E-state index contributed by atoms with van der Waals surface area (Å²) in [5.74, 6) is -1.32. The second-order valence-corrected chi connectivity index (χ2v) is 8.64. The average Bonchev–Trinajstić information content (AvgIpc) is 3.08. The molecule has 0 aliphatic heterocycles. The number of carboxylic acids is 1. The summed E-state index contributed by atoms with van der Waals surface area (Å²) in [4.78, 5) is 37.0. The van der Waals surface area contributed by atoms with Crippen molar-refractivity contribution in [3.8, 4) is 11.1 Å². The Hall–Kier alpha value is -3.35. The Labute approximate surface area is 188 Å². The monoisotopic (exact) mass is 438 g/mol. The van der Waals surface area contributed by atoms with E-state index in [0.717, 1.165) is 22.3 Å². The van der Waals surface area contributed by atoms with Crippen molar-refractivity contribution < 1.29 is 24.2 Å². The van der Waals surface area contributed by atoms with Gasteiger partial charge in [-0.25, -0.2) is 4.79 Å². The van der Waals surface area contributed by atoms with Crippen molar-refractivity contribution in [2.75, 3.05) is 19.7 Å². The van der Waals surface area contributed by atoms with Gasteiger partial charge in [0.15, 0.2) is 0 Å². The number of carboxylic acid groups (broad SMARTS) is 1. The Balaban J connectivity index is 1.55. The van der Waals surface area contributed by atoms with Crippen molar-refractivity contribution >= 4 is 18.0 Å². The number of rotatable bonds is 9. The van der Waals surface area contributed by atoms with Gasteiger partial charge < -0.3 is 20.1 Å². The third-order valence-corrected chi connectivity index (χ3v) is 5.81. The molecule has 0 fully saturated rings. The van der Waals surface area contributed by atoms with Crippen LogP contribution in [0.3, 0.4) is 0 Å². The summed E-state index contributed by atoms with van der Waals surface area (Å²) in [5.41, 5.74) is 3.94. The van der Waals surface area contributed by atoms with Gasteiger partial charge in [0.1, 0.15) is 13.2 Å². The zero-order valence-electron chi connectivity index (χ0n) is 18.8. The Morgan fingerprint density at radius 2 is 1.59 bits per heavy atom. The molecule has 7 heteroatoms. The Morgan fingerprint density at radius 3 is 2.12 bits per heavy atom. The van der Waals surface area contributed by atoms with E-state index in [2.05, 4.69) is 29.6 Å². The molecule has 1 aliphatic rings. The molecule has 2 aromatic rings. The number of hydrogen-bond acceptors (Lipinski definition) is 4. The predicted octanol–water partition coefficient (Wildman–Crippen LogP) is 4.02. The predicted molar refractivity (Wildman–Crippen MR) is 121 cm³/mol. The van der Waals surface area contributed by atoms with Crippen molar-refractivity contribution in [2.24, 2.45) is 0 Å². The first kappa shape index (κ1) is 23.3. The maximum Gasteiger partial charge on any atom is 0.407 e. The Kier molecular flexibility index (Phi) is 7.18. The number of fused-ring (bicyclic) bond motifs is 3. The molecule has 2 N–H and O–H groups in total. The maximum atomic E-state index is 12.5. The molecule has 0 radical (unpaired) electrons. The number of aliphatic carboxylic acids is 1. The number of likely N-dealkylation sites (N-methyl/N-ethyl adjacent to an activating group) is 1. The lowest BCUT2D eigenvalue weighted by molar-refractivity contribution is -0.144. The van der Waals surface area contributed by atoms with Gasteiger partial charge in [-0.15, -0.1) is 0 Å². The summed E-state index contributed by atoms with van der Waals surface area (Å²) >= 11 is 0. The minimum Gasteiger partial charge on any atom is -0.480 e. The van der Waals surface area contributed by atoms with Gasteiger partial charge in [-0.2, -0.15) is 0 Å². The standard InChI is InChI=1S/C25H30N2O5/c1-4-27(15-23(29)30)22(28)13-14-25(2,3)26-24(31)32-16-21-19-11-7-5-9-17(19)18-10-6-8-12-20(18)21/h5-12,21H,4,13-16H2,1-3H3,(H,26,31)(H,29,30). The molecule has 0 spiro atoms. The SMILES string of the molecule is CCN(CC(=O)O)C(=O)CCC(C)(C)NC(=O)OCC1c2ccccc2-c2ccccc21. The molecule has 32 heavy (non-hydrogen) atoms. The largest absolute Gasteiger partial charge is 0.480 e. The Morgan fingerprint density at radius 1 is 1.03 bits per heavy atom. The smallest absolute Gasteiger partial charge is 0.407 e. The number of amides is 2. The third-order valence-electron chi connectivity index (χ3n) is 5.81. The fourth-order valence-electron chi connectivity index (χ4n) is 4.09. The number of benzene rings is 2. The highest BCUT2D eigenvalue weighted by atomic mass is 16.5. The lowest BCUT2D eigenvalue weighted by atomic mass is 9.98. The summed E-state index contributed by atoms with van der Waals surface area (Å²) in [6.45, 7) is 5.59. The molecule has 0 saturated heterocycles. The summed E-state index contributed by atoms with van der Waals surface area (Å²) in [7, 11) is 0. The molecule has 3 rings (SSSR count). The number of carbonyl (C=O) groups excluding carboxylic acids is 2. The maximum absolute atomic E-state index is 12.5. The zero-order chi connectivity index (χ0) is 23.3. The van der Waals surface area contributed by atoms with Crippen molar-refractivity contribution in [2.45, 2.75) is 45.1 Å². The molecule has 2 aromatic carbocycles. The molecule has 0 bridgehead atoms. The first-order valence-corrected chi connectivity index (χ1v) is 10.8.